The highest BCUT2D eigenvalue weighted by atomic mass is 32.2. The van der Waals surface area contributed by atoms with Crippen LogP contribution in [0.5, 0.6) is 5.75 Å². The van der Waals surface area contributed by atoms with Crippen molar-refractivity contribution >= 4 is 22.8 Å². The van der Waals surface area contributed by atoms with Gasteiger partial charge in [0, 0.05) is 23.3 Å². The van der Waals surface area contributed by atoms with Gasteiger partial charge in [-0.2, -0.15) is 0 Å². The Kier molecular flexibility index (Phi) is 4.94. The molecule has 1 aromatic heterocycles. The SMILES string of the molecule is CCOc1ccc2nc(SCCCN=[N+]=[N-])[nH]c2c1. The van der Waals surface area contributed by atoms with Crippen molar-refractivity contribution in [1.82, 2.24) is 9.97 Å². The van der Waals surface area contributed by atoms with Crippen LogP contribution < -0.4 is 4.74 Å². The Morgan fingerprint density at radius 2 is 2.42 bits per heavy atom. The van der Waals surface area contributed by atoms with Crippen LogP contribution in [0.1, 0.15) is 13.3 Å². The monoisotopic (exact) mass is 277 g/mol. The van der Waals surface area contributed by atoms with Gasteiger partial charge in [0.15, 0.2) is 5.16 Å². The van der Waals surface area contributed by atoms with Gasteiger partial charge in [0.25, 0.3) is 0 Å². The summed E-state index contributed by atoms with van der Waals surface area (Å²) in [7, 11) is 0. The molecule has 0 saturated heterocycles. The van der Waals surface area contributed by atoms with Crippen molar-refractivity contribution < 1.29 is 4.74 Å². The second-order valence-corrected chi connectivity index (χ2v) is 4.89. The number of thioether (sulfide) groups is 1. The molecule has 7 heteroatoms. The smallest absolute Gasteiger partial charge is 0.166 e. The average Bonchev–Trinajstić information content (AvgIpc) is 2.81. The molecule has 100 valence electrons. The van der Waals surface area contributed by atoms with Crippen molar-refractivity contribution in [3.05, 3.63) is 28.6 Å². The lowest BCUT2D eigenvalue weighted by Crippen LogP contribution is -1.90. The second kappa shape index (κ2) is 6.92. The summed E-state index contributed by atoms with van der Waals surface area (Å²) < 4.78 is 5.45. The maximum atomic E-state index is 8.17. The van der Waals surface area contributed by atoms with Crippen LogP contribution in [0.15, 0.2) is 28.5 Å². The maximum absolute atomic E-state index is 8.17. The third-order valence-corrected chi connectivity index (χ3v) is 3.41. The summed E-state index contributed by atoms with van der Waals surface area (Å²) in [5, 5.41) is 4.38. The molecule has 0 atom stereocenters. The third kappa shape index (κ3) is 3.81. The fourth-order valence-corrected chi connectivity index (χ4v) is 2.45. The number of aromatic nitrogens is 2. The summed E-state index contributed by atoms with van der Waals surface area (Å²) in [6, 6.07) is 5.82. The molecule has 6 nitrogen and oxygen atoms in total. The predicted molar refractivity (Wildman–Crippen MR) is 76.6 cm³/mol. The van der Waals surface area contributed by atoms with Crippen LogP contribution in [-0.4, -0.2) is 28.9 Å². The summed E-state index contributed by atoms with van der Waals surface area (Å²) in [4.78, 5) is 10.5. The summed E-state index contributed by atoms with van der Waals surface area (Å²) in [5.41, 5.74) is 10.1. The van der Waals surface area contributed by atoms with Gasteiger partial charge in [0.2, 0.25) is 0 Å². The quantitative estimate of drug-likeness (QED) is 0.275. The second-order valence-electron chi connectivity index (χ2n) is 3.81. The number of hydrogen-bond donors (Lipinski definition) is 1. The standard InChI is InChI=1S/C12H15N5OS/c1-2-18-9-4-5-10-11(8-9)16-12(15-10)19-7-3-6-14-17-13/h4-5,8H,2-3,6-7H2,1H3,(H,15,16). The van der Waals surface area contributed by atoms with Crippen molar-refractivity contribution in [2.75, 3.05) is 18.9 Å². The highest BCUT2D eigenvalue weighted by molar-refractivity contribution is 7.99. The van der Waals surface area contributed by atoms with E-state index in [1.54, 1.807) is 11.8 Å². The molecular formula is C12H15N5OS. The van der Waals surface area contributed by atoms with Crippen molar-refractivity contribution in [2.24, 2.45) is 5.11 Å². The maximum Gasteiger partial charge on any atom is 0.166 e. The number of nitrogens with zero attached hydrogens (tertiary/aromatic N) is 4. The minimum Gasteiger partial charge on any atom is -0.494 e. The van der Waals surface area contributed by atoms with Crippen LogP contribution >= 0.6 is 11.8 Å². The minimum absolute atomic E-state index is 0.526. The zero-order valence-electron chi connectivity index (χ0n) is 10.7. The van der Waals surface area contributed by atoms with E-state index in [1.165, 1.54) is 0 Å². The minimum atomic E-state index is 0.526. The largest absolute Gasteiger partial charge is 0.494 e. The van der Waals surface area contributed by atoms with E-state index in [1.807, 2.05) is 25.1 Å². The lowest BCUT2D eigenvalue weighted by atomic mass is 10.3. The molecule has 2 aromatic rings. The number of ether oxygens (including phenoxy) is 1. The van der Waals surface area contributed by atoms with Gasteiger partial charge < -0.3 is 9.72 Å². The van der Waals surface area contributed by atoms with E-state index in [0.29, 0.717) is 13.2 Å². The first-order chi connectivity index (χ1) is 9.33. The van der Waals surface area contributed by atoms with Crippen molar-refractivity contribution in [2.45, 2.75) is 18.5 Å². The van der Waals surface area contributed by atoms with Gasteiger partial charge in [-0.3, -0.25) is 0 Å². The van der Waals surface area contributed by atoms with Gasteiger partial charge in [-0.25, -0.2) is 4.98 Å². The van der Waals surface area contributed by atoms with Gasteiger partial charge in [-0.15, -0.1) is 0 Å². The summed E-state index contributed by atoms with van der Waals surface area (Å²) in [5.74, 6) is 1.72. The third-order valence-electron chi connectivity index (χ3n) is 2.45. The lowest BCUT2D eigenvalue weighted by Gasteiger charge is -2.00. The Bertz CT molecular complexity index is 591. The first-order valence-electron chi connectivity index (χ1n) is 6.09. The summed E-state index contributed by atoms with van der Waals surface area (Å²) >= 11 is 1.63. The molecule has 1 heterocycles. The van der Waals surface area contributed by atoms with Crippen LogP contribution in [0.4, 0.5) is 0 Å². The summed E-state index contributed by atoms with van der Waals surface area (Å²) in [6.07, 6.45) is 0.843. The van der Waals surface area contributed by atoms with Crippen LogP contribution in [0, 0.1) is 0 Å². The Morgan fingerprint density at radius 1 is 1.53 bits per heavy atom. The molecule has 0 aliphatic heterocycles. The first kappa shape index (κ1) is 13.6. The van der Waals surface area contributed by atoms with E-state index < -0.39 is 0 Å². The van der Waals surface area contributed by atoms with E-state index in [2.05, 4.69) is 20.0 Å². The Hall–Kier alpha value is -1.85. The molecule has 0 saturated carbocycles. The first-order valence-corrected chi connectivity index (χ1v) is 7.08. The molecule has 19 heavy (non-hydrogen) atoms. The average molecular weight is 277 g/mol. The molecule has 1 N–H and O–H groups in total. The Morgan fingerprint density at radius 3 is 3.21 bits per heavy atom. The van der Waals surface area contributed by atoms with Crippen LogP contribution in [0.25, 0.3) is 21.5 Å². The zero-order valence-corrected chi connectivity index (χ0v) is 11.5. The lowest BCUT2D eigenvalue weighted by molar-refractivity contribution is 0.340. The summed E-state index contributed by atoms with van der Waals surface area (Å²) in [6.45, 7) is 3.14. The van der Waals surface area contributed by atoms with Gasteiger partial charge in [-0.1, -0.05) is 16.9 Å². The normalized spacial score (nSPS) is 10.4. The molecule has 0 fully saturated rings. The van der Waals surface area contributed by atoms with Crippen molar-refractivity contribution in [3.8, 4) is 5.75 Å². The molecule has 0 spiro atoms. The van der Waals surface area contributed by atoms with E-state index in [-0.39, 0.29) is 0 Å². The Labute approximate surface area is 115 Å². The van der Waals surface area contributed by atoms with Gasteiger partial charge in [-0.05, 0) is 31.0 Å². The van der Waals surface area contributed by atoms with Crippen LogP contribution in [0.3, 0.4) is 0 Å². The molecule has 1 aromatic carbocycles. The molecule has 0 amide bonds. The number of hydrogen-bond acceptors (Lipinski definition) is 4. The molecule has 0 aliphatic rings. The number of azide groups is 1. The van der Waals surface area contributed by atoms with Gasteiger partial charge >= 0.3 is 0 Å². The predicted octanol–water partition coefficient (Wildman–Crippen LogP) is 3.75. The fourth-order valence-electron chi connectivity index (χ4n) is 1.64. The number of nitrogens with one attached hydrogen (secondary N) is 1. The van der Waals surface area contributed by atoms with E-state index in [9.17, 15) is 0 Å². The van der Waals surface area contributed by atoms with Crippen molar-refractivity contribution in [3.63, 3.8) is 0 Å². The topological polar surface area (TPSA) is 86.7 Å². The number of H-pyrrole nitrogens is 1. The van der Waals surface area contributed by atoms with Gasteiger partial charge in [0.1, 0.15) is 5.75 Å². The number of aromatic amines is 1. The number of fused-ring (bicyclic) bond motifs is 1. The number of benzene rings is 1. The van der Waals surface area contributed by atoms with E-state index >= 15 is 0 Å². The fraction of sp³-hybridized carbons (Fsp3) is 0.417. The van der Waals surface area contributed by atoms with Crippen molar-refractivity contribution in [1.29, 1.82) is 0 Å². The highest BCUT2D eigenvalue weighted by Crippen LogP contribution is 2.23. The number of imidazole rings is 1. The Balaban J connectivity index is 1.98. The molecule has 0 radical (unpaired) electrons. The van der Waals surface area contributed by atoms with E-state index in [4.69, 9.17) is 10.3 Å². The molecular weight excluding hydrogens is 262 g/mol. The van der Waals surface area contributed by atoms with E-state index in [0.717, 1.165) is 34.1 Å². The molecule has 0 unspecified atom stereocenters. The number of rotatable bonds is 7. The molecule has 0 aliphatic carbocycles. The van der Waals surface area contributed by atoms with Crippen LogP contribution in [0.2, 0.25) is 0 Å². The molecule has 2 rings (SSSR count). The van der Waals surface area contributed by atoms with Gasteiger partial charge in [0.05, 0.1) is 17.6 Å². The zero-order chi connectivity index (χ0) is 13.5. The molecule has 0 bridgehead atoms. The van der Waals surface area contributed by atoms with Crippen LogP contribution in [-0.2, 0) is 0 Å². The highest BCUT2D eigenvalue weighted by Gasteiger charge is 2.04.